The van der Waals surface area contributed by atoms with Crippen LogP contribution in [-0.2, 0) is 17.8 Å². The fourth-order valence-corrected chi connectivity index (χ4v) is 3.15. The van der Waals surface area contributed by atoms with Crippen LogP contribution in [0.1, 0.15) is 32.0 Å². The lowest BCUT2D eigenvalue weighted by Gasteiger charge is -2.07. The van der Waals surface area contributed by atoms with E-state index in [0.29, 0.717) is 12.2 Å². The summed E-state index contributed by atoms with van der Waals surface area (Å²) in [5.74, 6) is 2.25. The summed E-state index contributed by atoms with van der Waals surface area (Å²) in [6, 6.07) is 0. The Hall–Kier alpha value is -0.840. The second-order valence-corrected chi connectivity index (χ2v) is 5.35. The molecule has 0 aromatic carbocycles. The van der Waals surface area contributed by atoms with Gasteiger partial charge in [-0.05, 0) is 25.0 Å². The Balaban J connectivity index is 1.96. The van der Waals surface area contributed by atoms with Crippen molar-refractivity contribution in [2.45, 2.75) is 44.4 Å². The van der Waals surface area contributed by atoms with Gasteiger partial charge in [-0.1, -0.05) is 6.92 Å². The van der Waals surface area contributed by atoms with Gasteiger partial charge in [0, 0.05) is 6.54 Å². The minimum atomic E-state index is 0.201. The Morgan fingerprint density at radius 3 is 3.25 bits per heavy atom. The topological polar surface area (TPSA) is 47.8 Å². The van der Waals surface area contributed by atoms with Crippen LogP contribution in [-0.4, -0.2) is 31.6 Å². The van der Waals surface area contributed by atoms with E-state index in [-0.39, 0.29) is 5.25 Å². The first kappa shape index (κ1) is 11.6. The molecule has 0 aliphatic carbocycles. The zero-order chi connectivity index (χ0) is 11.4. The van der Waals surface area contributed by atoms with Crippen LogP contribution in [0.2, 0.25) is 0 Å². The zero-order valence-corrected chi connectivity index (χ0v) is 10.4. The van der Waals surface area contributed by atoms with Crippen molar-refractivity contribution in [3.05, 3.63) is 12.2 Å². The lowest BCUT2D eigenvalue weighted by Crippen LogP contribution is -2.19. The second-order valence-electron chi connectivity index (χ2n) is 4.04. The second kappa shape index (κ2) is 5.48. The molecule has 4 nitrogen and oxygen atoms in total. The van der Waals surface area contributed by atoms with Crippen molar-refractivity contribution in [3.8, 4) is 0 Å². The minimum Gasteiger partial charge on any atom is -0.298 e. The Kier molecular flexibility index (Phi) is 3.98. The van der Waals surface area contributed by atoms with Crippen LogP contribution in [0.25, 0.3) is 0 Å². The SMILES string of the molecule is CCCn1ncnc1CC(=O)C1CCCS1. The standard InChI is InChI=1S/C11H17N3OS/c1-2-5-14-11(12-8-13-14)7-9(15)10-4-3-6-16-10/h8,10H,2-7H2,1H3. The summed E-state index contributed by atoms with van der Waals surface area (Å²) in [5, 5.41) is 4.33. The highest BCUT2D eigenvalue weighted by molar-refractivity contribution is 8.00. The number of carbonyl (C=O) groups excluding carboxylic acids is 1. The molecular weight excluding hydrogens is 222 g/mol. The molecule has 1 aromatic heterocycles. The molecular formula is C11H17N3OS. The van der Waals surface area contributed by atoms with Crippen molar-refractivity contribution in [2.24, 2.45) is 0 Å². The number of rotatable bonds is 5. The average Bonchev–Trinajstić information content (AvgIpc) is 2.90. The fraction of sp³-hybridized carbons (Fsp3) is 0.727. The van der Waals surface area contributed by atoms with Gasteiger partial charge in [-0.15, -0.1) is 0 Å². The first-order chi connectivity index (χ1) is 7.81. The molecule has 1 unspecified atom stereocenters. The molecule has 1 aliphatic rings. The van der Waals surface area contributed by atoms with E-state index in [1.54, 1.807) is 18.1 Å². The molecule has 1 aliphatic heterocycles. The van der Waals surface area contributed by atoms with E-state index in [9.17, 15) is 4.79 Å². The Morgan fingerprint density at radius 2 is 2.56 bits per heavy atom. The maximum absolute atomic E-state index is 12.0. The number of ketones is 1. The zero-order valence-electron chi connectivity index (χ0n) is 9.56. The van der Waals surface area contributed by atoms with E-state index in [0.717, 1.165) is 31.0 Å². The molecule has 0 radical (unpaired) electrons. The van der Waals surface area contributed by atoms with Crippen molar-refractivity contribution in [1.29, 1.82) is 0 Å². The number of aromatic nitrogens is 3. The third kappa shape index (κ3) is 2.64. The lowest BCUT2D eigenvalue weighted by atomic mass is 10.1. The summed E-state index contributed by atoms with van der Waals surface area (Å²) in [7, 11) is 0. The monoisotopic (exact) mass is 239 g/mol. The average molecular weight is 239 g/mol. The predicted molar refractivity (Wildman–Crippen MR) is 64.5 cm³/mol. The third-order valence-electron chi connectivity index (χ3n) is 2.75. The fourth-order valence-electron chi connectivity index (χ4n) is 1.92. The van der Waals surface area contributed by atoms with Crippen molar-refractivity contribution in [1.82, 2.24) is 14.8 Å². The molecule has 1 saturated heterocycles. The highest BCUT2D eigenvalue weighted by Gasteiger charge is 2.24. The van der Waals surface area contributed by atoms with E-state index in [1.165, 1.54) is 6.42 Å². The number of nitrogens with zero attached hydrogens (tertiary/aromatic N) is 3. The molecule has 0 spiro atoms. The molecule has 1 fully saturated rings. The maximum Gasteiger partial charge on any atom is 0.153 e. The van der Waals surface area contributed by atoms with E-state index in [2.05, 4.69) is 17.0 Å². The molecule has 0 N–H and O–H groups in total. The number of Topliss-reactive ketones (excluding diaryl/α,β-unsaturated/α-hetero) is 1. The van der Waals surface area contributed by atoms with E-state index in [1.807, 2.05) is 4.68 Å². The van der Waals surface area contributed by atoms with Crippen LogP contribution in [0.4, 0.5) is 0 Å². The molecule has 0 saturated carbocycles. The first-order valence-corrected chi connectivity index (χ1v) is 6.87. The maximum atomic E-state index is 12.0. The lowest BCUT2D eigenvalue weighted by molar-refractivity contribution is -0.118. The van der Waals surface area contributed by atoms with Crippen molar-refractivity contribution < 1.29 is 4.79 Å². The summed E-state index contributed by atoms with van der Waals surface area (Å²) < 4.78 is 1.84. The van der Waals surface area contributed by atoms with Gasteiger partial charge >= 0.3 is 0 Å². The number of hydrogen-bond donors (Lipinski definition) is 0. The smallest absolute Gasteiger partial charge is 0.153 e. The first-order valence-electron chi connectivity index (χ1n) is 5.82. The number of aryl methyl sites for hydroxylation is 1. The third-order valence-corrected chi connectivity index (χ3v) is 4.18. The van der Waals surface area contributed by atoms with Crippen LogP contribution in [0.5, 0.6) is 0 Å². The van der Waals surface area contributed by atoms with E-state index in [4.69, 9.17) is 0 Å². The Labute approximate surface area is 99.8 Å². The largest absolute Gasteiger partial charge is 0.298 e. The van der Waals surface area contributed by atoms with Gasteiger partial charge in [-0.2, -0.15) is 16.9 Å². The van der Waals surface area contributed by atoms with Gasteiger partial charge in [0.05, 0.1) is 11.7 Å². The number of thioether (sulfide) groups is 1. The quantitative estimate of drug-likeness (QED) is 0.784. The Bertz CT molecular complexity index is 358. The van der Waals surface area contributed by atoms with Gasteiger partial charge in [0.25, 0.3) is 0 Å². The van der Waals surface area contributed by atoms with Crippen LogP contribution >= 0.6 is 11.8 Å². The van der Waals surface area contributed by atoms with Crippen molar-refractivity contribution in [3.63, 3.8) is 0 Å². The molecule has 88 valence electrons. The minimum absolute atomic E-state index is 0.201. The number of hydrogen-bond acceptors (Lipinski definition) is 4. The predicted octanol–water partition coefficient (Wildman–Crippen LogP) is 1.70. The summed E-state index contributed by atoms with van der Waals surface area (Å²) in [4.78, 5) is 16.1. The van der Waals surface area contributed by atoms with Crippen LogP contribution in [0.15, 0.2) is 6.33 Å². The molecule has 0 amide bonds. The summed E-state index contributed by atoms with van der Waals surface area (Å²) in [6.07, 6.45) is 5.20. The van der Waals surface area contributed by atoms with Gasteiger partial charge in [-0.25, -0.2) is 9.67 Å². The van der Waals surface area contributed by atoms with Gasteiger partial charge < -0.3 is 0 Å². The van der Waals surface area contributed by atoms with E-state index >= 15 is 0 Å². The summed E-state index contributed by atoms with van der Waals surface area (Å²) in [5.41, 5.74) is 0. The highest BCUT2D eigenvalue weighted by Crippen LogP contribution is 2.27. The Morgan fingerprint density at radius 1 is 1.69 bits per heavy atom. The molecule has 2 rings (SSSR count). The highest BCUT2D eigenvalue weighted by atomic mass is 32.2. The molecule has 0 bridgehead atoms. The summed E-state index contributed by atoms with van der Waals surface area (Å²) >= 11 is 1.78. The van der Waals surface area contributed by atoms with Crippen LogP contribution in [0, 0.1) is 0 Å². The normalized spacial score (nSPS) is 20.2. The van der Waals surface area contributed by atoms with Gasteiger partial charge in [-0.3, -0.25) is 4.79 Å². The van der Waals surface area contributed by atoms with E-state index < -0.39 is 0 Å². The molecule has 1 aromatic rings. The molecule has 1 atom stereocenters. The summed E-state index contributed by atoms with van der Waals surface area (Å²) in [6.45, 7) is 2.94. The van der Waals surface area contributed by atoms with Crippen LogP contribution < -0.4 is 0 Å². The van der Waals surface area contributed by atoms with Gasteiger partial charge in [0.2, 0.25) is 0 Å². The molecule has 5 heteroatoms. The molecule has 16 heavy (non-hydrogen) atoms. The van der Waals surface area contributed by atoms with Crippen molar-refractivity contribution in [2.75, 3.05) is 5.75 Å². The van der Waals surface area contributed by atoms with Gasteiger partial charge in [0.1, 0.15) is 12.2 Å². The van der Waals surface area contributed by atoms with Crippen LogP contribution in [0.3, 0.4) is 0 Å². The van der Waals surface area contributed by atoms with Gasteiger partial charge in [0.15, 0.2) is 5.78 Å². The number of carbonyl (C=O) groups is 1. The van der Waals surface area contributed by atoms with Crippen molar-refractivity contribution >= 4 is 17.5 Å². The molecule has 2 heterocycles.